The van der Waals surface area contributed by atoms with Crippen molar-refractivity contribution in [1.29, 1.82) is 0 Å². The molecule has 1 heterocycles. The Kier molecular flexibility index (Phi) is 4.07. The predicted molar refractivity (Wildman–Crippen MR) is 70.4 cm³/mol. The molecular weight excluding hydrogens is 255 g/mol. The largest absolute Gasteiger partial charge is 0.325 e. The molecule has 2 rings (SSSR count). The first-order chi connectivity index (χ1) is 8.54. The van der Waals surface area contributed by atoms with Crippen molar-refractivity contribution in [1.82, 2.24) is 4.90 Å². The number of benzene rings is 1. The number of piperidine rings is 1. The molecule has 98 valence electrons. The minimum Gasteiger partial charge on any atom is -0.325 e. The van der Waals surface area contributed by atoms with Crippen LogP contribution >= 0.6 is 11.6 Å². The second-order valence-corrected chi connectivity index (χ2v) is 5.19. The highest BCUT2D eigenvalue weighted by Gasteiger charge is 2.20. The van der Waals surface area contributed by atoms with Gasteiger partial charge in [0.25, 0.3) is 0 Å². The van der Waals surface area contributed by atoms with E-state index in [4.69, 9.17) is 11.6 Å². The van der Waals surface area contributed by atoms with Crippen molar-refractivity contribution in [2.24, 2.45) is 5.92 Å². The average molecular weight is 271 g/mol. The van der Waals surface area contributed by atoms with Crippen LogP contribution in [0.1, 0.15) is 19.8 Å². The second kappa shape index (κ2) is 5.57. The number of likely N-dealkylation sites (tertiary alicyclic amines) is 1. The highest BCUT2D eigenvalue weighted by Crippen LogP contribution is 2.20. The SMILES string of the molecule is CC1CCN(C(=O)Nc2cc(F)cc(Cl)c2)CC1. The molecule has 0 aromatic heterocycles. The molecule has 0 saturated carbocycles. The first kappa shape index (κ1) is 13.1. The first-order valence-electron chi connectivity index (χ1n) is 6.06. The highest BCUT2D eigenvalue weighted by atomic mass is 35.5. The number of halogens is 2. The van der Waals surface area contributed by atoms with Gasteiger partial charge in [0.05, 0.1) is 0 Å². The Morgan fingerprint density at radius 2 is 2.06 bits per heavy atom. The lowest BCUT2D eigenvalue weighted by molar-refractivity contribution is 0.186. The van der Waals surface area contributed by atoms with E-state index >= 15 is 0 Å². The predicted octanol–water partition coefficient (Wildman–Crippen LogP) is 3.74. The lowest BCUT2D eigenvalue weighted by Gasteiger charge is -2.30. The molecule has 3 nitrogen and oxygen atoms in total. The number of carbonyl (C=O) groups excluding carboxylic acids is 1. The minimum absolute atomic E-state index is 0.191. The van der Waals surface area contributed by atoms with Gasteiger partial charge in [0, 0.05) is 23.8 Å². The molecular formula is C13H16ClFN2O. The Hall–Kier alpha value is -1.29. The van der Waals surface area contributed by atoms with Gasteiger partial charge < -0.3 is 10.2 Å². The molecule has 1 fully saturated rings. The molecule has 2 amide bonds. The van der Waals surface area contributed by atoms with Gasteiger partial charge in [-0.25, -0.2) is 9.18 Å². The zero-order valence-electron chi connectivity index (χ0n) is 10.2. The standard InChI is InChI=1S/C13H16ClFN2O/c1-9-2-4-17(5-3-9)13(18)16-12-7-10(14)6-11(15)8-12/h6-9H,2-5H2,1H3,(H,16,18). The maximum Gasteiger partial charge on any atom is 0.321 e. The van der Waals surface area contributed by atoms with Crippen molar-refractivity contribution in [2.75, 3.05) is 18.4 Å². The number of hydrogen-bond acceptors (Lipinski definition) is 1. The summed E-state index contributed by atoms with van der Waals surface area (Å²) in [5, 5.41) is 2.95. The third-order valence-electron chi connectivity index (χ3n) is 3.18. The lowest BCUT2D eigenvalue weighted by Crippen LogP contribution is -2.40. The maximum absolute atomic E-state index is 13.1. The van der Waals surface area contributed by atoms with Crippen molar-refractivity contribution < 1.29 is 9.18 Å². The van der Waals surface area contributed by atoms with E-state index < -0.39 is 5.82 Å². The van der Waals surface area contributed by atoms with Crippen molar-refractivity contribution in [3.05, 3.63) is 29.0 Å². The number of anilines is 1. The smallest absolute Gasteiger partial charge is 0.321 e. The maximum atomic E-state index is 13.1. The summed E-state index contributed by atoms with van der Waals surface area (Å²) in [6.07, 6.45) is 2.02. The topological polar surface area (TPSA) is 32.3 Å². The molecule has 1 saturated heterocycles. The van der Waals surface area contributed by atoms with Gasteiger partial charge in [0.2, 0.25) is 0 Å². The Bertz CT molecular complexity index is 424. The van der Waals surface area contributed by atoms with Crippen LogP contribution in [0.4, 0.5) is 14.9 Å². The molecule has 18 heavy (non-hydrogen) atoms. The van der Waals surface area contributed by atoms with E-state index in [0.717, 1.165) is 25.9 Å². The van der Waals surface area contributed by atoms with Crippen LogP contribution < -0.4 is 5.32 Å². The van der Waals surface area contributed by atoms with E-state index in [1.54, 1.807) is 4.90 Å². The van der Waals surface area contributed by atoms with Gasteiger partial charge in [-0.2, -0.15) is 0 Å². The quantitative estimate of drug-likeness (QED) is 0.828. The lowest BCUT2D eigenvalue weighted by atomic mass is 10.00. The van der Waals surface area contributed by atoms with E-state index in [1.165, 1.54) is 18.2 Å². The van der Waals surface area contributed by atoms with Gasteiger partial charge in [0.1, 0.15) is 5.82 Å². The van der Waals surface area contributed by atoms with Crippen LogP contribution in [0.3, 0.4) is 0 Å². The van der Waals surface area contributed by atoms with E-state index in [-0.39, 0.29) is 11.1 Å². The molecule has 0 atom stereocenters. The van der Waals surface area contributed by atoms with Crippen LogP contribution in [0, 0.1) is 11.7 Å². The van der Waals surface area contributed by atoms with Crippen molar-refractivity contribution >= 4 is 23.3 Å². The van der Waals surface area contributed by atoms with Crippen LogP contribution in [0.15, 0.2) is 18.2 Å². The van der Waals surface area contributed by atoms with Crippen LogP contribution in [0.5, 0.6) is 0 Å². The third kappa shape index (κ3) is 3.35. The summed E-state index contributed by atoms with van der Waals surface area (Å²) in [7, 11) is 0. The number of nitrogens with one attached hydrogen (secondary N) is 1. The molecule has 0 radical (unpaired) electrons. The number of urea groups is 1. The minimum atomic E-state index is -0.454. The zero-order chi connectivity index (χ0) is 13.1. The number of nitrogens with zero attached hydrogens (tertiary/aromatic N) is 1. The normalized spacial score (nSPS) is 16.7. The first-order valence-corrected chi connectivity index (χ1v) is 6.44. The molecule has 1 N–H and O–H groups in total. The molecule has 1 aliphatic heterocycles. The number of hydrogen-bond donors (Lipinski definition) is 1. The van der Waals surface area contributed by atoms with Crippen LogP contribution in [0.25, 0.3) is 0 Å². The molecule has 0 unspecified atom stereocenters. The Morgan fingerprint density at radius 3 is 2.67 bits per heavy atom. The van der Waals surface area contributed by atoms with Gasteiger partial charge in [-0.05, 0) is 37.0 Å². The van der Waals surface area contributed by atoms with E-state index in [1.807, 2.05) is 0 Å². The van der Waals surface area contributed by atoms with Crippen molar-refractivity contribution in [2.45, 2.75) is 19.8 Å². The molecule has 0 aliphatic carbocycles. The summed E-state index contributed by atoms with van der Waals surface area (Å²) < 4.78 is 13.1. The van der Waals surface area contributed by atoms with E-state index in [2.05, 4.69) is 12.2 Å². The van der Waals surface area contributed by atoms with Gasteiger partial charge >= 0.3 is 6.03 Å². The summed E-state index contributed by atoms with van der Waals surface area (Å²) in [6.45, 7) is 3.67. The number of rotatable bonds is 1. The summed E-state index contributed by atoms with van der Waals surface area (Å²) in [5.41, 5.74) is 0.392. The monoisotopic (exact) mass is 270 g/mol. The summed E-state index contributed by atoms with van der Waals surface area (Å²) in [4.78, 5) is 13.7. The number of amides is 2. The Balaban J connectivity index is 1.98. The summed E-state index contributed by atoms with van der Waals surface area (Å²) in [6, 6.07) is 3.81. The van der Waals surface area contributed by atoms with Crippen molar-refractivity contribution in [3.8, 4) is 0 Å². The fraction of sp³-hybridized carbons (Fsp3) is 0.462. The average Bonchev–Trinajstić information content (AvgIpc) is 2.28. The Labute approximate surface area is 111 Å². The molecule has 1 aliphatic rings. The van der Waals surface area contributed by atoms with Crippen LogP contribution in [0.2, 0.25) is 5.02 Å². The van der Waals surface area contributed by atoms with Gasteiger partial charge in [0.15, 0.2) is 0 Å². The molecule has 0 spiro atoms. The Morgan fingerprint density at radius 1 is 1.39 bits per heavy atom. The van der Waals surface area contributed by atoms with Crippen molar-refractivity contribution in [3.63, 3.8) is 0 Å². The summed E-state index contributed by atoms with van der Waals surface area (Å²) in [5.74, 6) is 0.211. The van der Waals surface area contributed by atoms with E-state index in [9.17, 15) is 9.18 Å². The zero-order valence-corrected chi connectivity index (χ0v) is 11.0. The van der Waals surface area contributed by atoms with Gasteiger partial charge in [-0.1, -0.05) is 18.5 Å². The highest BCUT2D eigenvalue weighted by molar-refractivity contribution is 6.30. The summed E-state index contributed by atoms with van der Waals surface area (Å²) >= 11 is 5.73. The molecule has 0 bridgehead atoms. The van der Waals surface area contributed by atoms with Gasteiger partial charge in [-0.15, -0.1) is 0 Å². The second-order valence-electron chi connectivity index (χ2n) is 4.76. The van der Waals surface area contributed by atoms with Gasteiger partial charge in [-0.3, -0.25) is 0 Å². The van der Waals surface area contributed by atoms with E-state index in [0.29, 0.717) is 11.6 Å². The fourth-order valence-corrected chi connectivity index (χ4v) is 2.26. The van der Waals surface area contributed by atoms with Crippen LogP contribution in [-0.4, -0.2) is 24.0 Å². The fourth-order valence-electron chi connectivity index (χ4n) is 2.04. The van der Waals surface area contributed by atoms with Crippen LogP contribution in [-0.2, 0) is 0 Å². The molecule has 1 aromatic carbocycles. The third-order valence-corrected chi connectivity index (χ3v) is 3.40. The molecule has 1 aromatic rings. The molecule has 5 heteroatoms. The number of carbonyl (C=O) groups is 1.